The zero-order valence-corrected chi connectivity index (χ0v) is 17.0. The first-order chi connectivity index (χ1) is 12.9. The van der Waals surface area contributed by atoms with Crippen molar-refractivity contribution < 1.29 is 15.1 Å². The molecule has 5 nitrogen and oxygen atoms in total. The molecule has 0 unspecified atom stereocenters. The maximum Gasteiger partial charge on any atom is 0.129 e. The summed E-state index contributed by atoms with van der Waals surface area (Å²) >= 11 is 0. The molecule has 0 spiro atoms. The van der Waals surface area contributed by atoms with Crippen LogP contribution in [-0.4, -0.2) is 41.8 Å². The van der Waals surface area contributed by atoms with Crippen LogP contribution in [0.3, 0.4) is 0 Å². The van der Waals surface area contributed by atoms with Gasteiger partial charge in [0.2, 0.25) is 0 Å². The number of fused-ring (bicyclic) bond motifs is 5. The van der Waals surface area contributed by atoms with Gasteiger partial charge in [0.05, 0.1) is 12.2 Å². The van der Waals surface area contributed by atoms with Crippen LogP contribution in [0.25, 0.3) is 0 Å². The van der Waals surface area contributed by atoms with Crippen LogP contribution >= 0.6 is 0 Å². The number of rotatable bonds is 4. The van der Waals surface area contributed by atoms with Gasteiger partial charge in [-0.25, -0.2) is 0 Å². The summed E-state index contributed by atoms with van der Waals surface area (Å²) in [5.41, 5.74) is 5.74. The van der Waals surface area contributed by atoms with Crippen LogP contribution in [0.15, 0.2) is 5.16 Å². The van der Waals surface area contributed by atoms with Gasteiger partial charge in [-0.2, -0.15) is 0 Å². The highest BCUT2D eigenvalue weighted by Gasteiger charge is 2.61. The van der Waals surface area contributed by atoms with Crippen LogP contribution in [0.5, 0.6) is 0 Å². The van der Waals surface area contributed by atoms with Crippen molar-refractivity contribution in [3.05, 3.63) is 0 Å². The van der Waals surface area contributed by atoms with E-state index in [2.05, 4.69) is 19.0 Å². The number of aliphatic hydroxyl groups excluding tert-OH is 2. The van der Waals surface area contributed by atoms with Crippen LogP contribution in [0.4, 0.5) is 0 Å². The average molecular weight is 379 g/mol. The summed E-state index contributed by atoms with van der Waals surface area (Å²) in [7, 11) is 0. The van der Waals surface area contributed by atoms with Crippen molar-refractivity contribution in [2.45, 2.75) is 77.4 Å². The van der Waals surface area contributed by atoms with Gasteiger partial charge in [-0.3, -0.25) is 0 Å². The third-order valence-corrected chi connectivity index (χ3v) is 9.23. The Morgan fingerprint density at radius 3 is 2.52 bits per heavy atom. The largest absolute Gasteiger partial charge is 0.395 e. The van der Waals surface area contributed by atoms with Crippen molar-refractivity contribution in [1.29, 1.82) is 0 Å². The molecule has 0 bridgehead atoms. The van der Waals surface area contributed by atoms with Crippen molar-refractivity contribution >= 4 is 6.21 Å². The Morgan fingerprint density at radius 2 is 1.74 bits per heavy atom. The van der Waals surface area contributed by atoms with E-state index < -0.39 is 0 Å². The fourth-order valence-electron chi connectivity index (χ4n) is 7.67. The van der Waals surface area contributed by atoms with Crippen LogP contribution in [0, 0.1) is 40.4 Å². The highest BCUT2D eigenvalue weighted by molar-refractivity contribution is 5.60. The number of hydrogen-bond acceptors (Lipinski definition) is 5. The first-order valence-corrected chi connectivity index (χ1v) is 11.1. The molecule has 4 fully saturated rings. The van der Waals surface area contributed by atoms with Gasteiger partial charge in [-0.15, -0.1) is 0 Å². The third kappa shape index (κ3) is 3.14. The molecule has 154 valence electrons. The standard InChI is InChI=1S/C22H38N2O3/c1-21-7-5-14(13-24-27-10-9-23)11-18(21)19(25)12-15-16-3-4-20(26)22(16,2)8-6-17(15)21/h13-20,25-26H,3-12,23H2,1-2H3/b24-13+/t14-,15-,16-,17-,18+,19-,20-,21+,22-/m0/s1. The van der Waals surface area contributed by atoms with Crippen LogP contribution in [0.1, 0.15) is 65.2 Å². The van der Waals surface area contributed by atoms with Gasteiger partial charge in [-0.1, -0.05) is 19.0 Å². The molecular weight excluding hydrogens is 340 g/mol. The second-order valence-electron chi connectivity index (χ2n) is 10.3. The van der Waals surface area contributed by atoms with Gasteiger partial charge in [0.25, 0.3) is 0 Å². The van der Waals surface area contributed by atoms with Gasteiger partial charge in [0.15, 0.2) is 0 Å². The average Bonchev–Trinajstić information content (AvgIpc) is 2.95. The van der Waals surface area contributed by atoms with E-state index >= 15 is 0 Å². The lowest BCUT2D eigenvalue weighted by atomic mass is 9.44. The van der Waals surface area contributed by atoms with E-state index in [-0.39, 0.29) is 23.0 Å². The van der Waals surface area contributed by atoms with E-state index in [4.69, 9.17) is 10.6 Å². The summed E-state index contributed by atoms with van der Waals surface area (Å²) in [6.45, 7) is 5.70. The predicted octanol–water partition coefficient (Wildman–Crippen LogP) is 2.94. The third-order valence-electron chi connectivity index (χ3n) is 9.23. The minimum absolute atomic E-state index is 0.0777. The zero-order chi connectivity index (χ0) is 19.2. The summed E-state index contributed by atoms with van der Waals surface area (Å²) in [6.07, 6.45) is 10.2. The molecule has 0 aromatic rings. The molecule has 4 rings (SSSR count). The lowest BCUT2D eigenvalue weighted by Crippen LogP contribution is -2.58. The summed E-state index contributed by atoms with van der Waals surface area (Å²) in [4.78, 5) is 5.19. The van der Waals surface area contributed by atoms with Gasteiger partial charge >= 0.3 is 0 Å². The lowest BCUT2D eigenvalue weighted by molar-refractivity contribution is -0.165. The first kappa shape index (κ1) is 19.7. The Labute approximate surface area is 163 Å². The predicted molar refractivity (Wildman–Crippen MR) is 106 cm³/mol. The van der Waals surface area contributed by atoms with E-state index in [0.29, 0.717) is 42.7 Å². The summed E-state index contributed by atoms with van der Waals surface area (Å²) in [6, 6.07) is 0. The molecule has 4 aliphatic carbocycles. The van der Waals surface area contributed by atoms with Crippen molar-refractivity contribution in [2.75, 3.05) is 13.2 Å². The Bertz CT molecular complexity index is 570. The molecule has 0 aliphatic heterocycles. The van der Waals surface area contributed by atoms with Crippen molar-refractivity contribution in [3.8, 4) is 0 Å². The van der Waals surface area contributed by atoms with Crippen LogP contribution in [-0.2, 0) is 4.84 Å². The summed E-state index contributed by atoms with van der Waals surface area (Å²) < 4.78 is 0. The Hall–Kier alpha value is -0.650. The SMILES string of the molecule is C[C@]12CC[C@H](/C=N/OCCN)C[C@@H]1[C@@H](O)C[C@@H]1[C@@H]2CC[C@]2(C)[C@@H](O)CC[C@@H]12. The van der Waals surface area contributed by atoms with Gasteiger partial charge < -0.3 is 20.8 Å². The van der Waals surface area contributed by atoms with Gasteiger partial charge in [0.1, 0.15) is 6.61 Å². The topological polar surface area (TPSA) is 88.1 Å². The van der Waals surface area contributed by atoms with Crippen LogP contribution in [0.2, 0.25) is 0 Å². The quantitative estimate of drug-likeness (QED) is 0.399. The first-order valence-electron chi connectivity index (χ1n) is 11.1. The second-order valence-corrected chi connectivity index (χ2v) is 10.3. The normalized spacial score (nSPS) is 52.3. The van der Waals surface area contributed by atoms with Gasteiger partial charge in [0, 0.05) is 12.8 Å². The van der Waals surface area contributed by atoms with Crippen molar-refractivity contribution in [2.24, 2.45) is 51.3 Å². The van der Waals surface area contributed by atoms with E-state index in [1.807, 2.05) is 6.21 Å². The Kier molecular flexibility index (Phi) is 5.32. The highest BCUT2D eigenvalue weighted by Crippen LogP contribution is 2.66. The minimum Gasteiger partial charge on any atom is -0.395 e. The van der Waals surface area contributed by atoms with Crippen molar-refractivity contribution in [1.82, 2.24) is 0 Å². The molecule has 27 heavy (non-hydrogen) atoms. The highest BCUT2D eigenvalue weighted by atomic mass is 16.6. The second kappa shape index (κ2) is 7.31. The molecule has 0 aromatic carbocycles. The molecule has 0 heterocycles. The minimum atomic E-state index is -0.225. The molecule has 0 amide bonds. The Balaban J connectivity index is 1.50. The fourth-order valence-corrected chi connectivity index (χ4v) is 7.67. The summed E-state index contributed by atoms with van der Waals surface area (Å²) in [5, 5.41) is 25.8. The molecule has 4 N–H and O–H groups in total. The number of oxime groups is 1. The number of hydrogen-bond donors (Lipinski definition) is 3. The van der Waals surface area contributed by atoms with E-state index in [0.717, 1.165) is 44.9 Å². The zero-order valence-electron chi connectivity index (χ0n) is 17.0. The number of aliphatic hydroxyl groups is 2. The van der Waals surface area contributed by atoms with E-state index in [1.165, 1.54) is 6.42 Å². The van der Waals surface area contributed by atoms with Gasteiger partial charge in [-0.05, 0) is 91.8 Å². The molecular formula is C22H38N2O3. The van der Waals surface area contributed by atoms with E-state index in [1.54, 1.807) is 0 Å². The maximum absolute atomic E-state index is 11.2. The molecule has 4 saturated carbocycles. The molecule has 9 atom stereocenters. The number of nitrogens with two attached hydrogens (primary N) is 1. The Morgan fingerprint density at radius 1 is 1.00 bits per heavy atom. The van der Waals surface area contributed by atoms with Crippen LogP contribution < -0.4 is 5.73 Å². The van der Waals surface area contributed by atoms with Crippen molar-refractivity contribution in [3.63, 3.8) is 0 Å². The fraction of sp³-hybridized carbons (Fsp3) is 0.955. The molecule has 0 aromatic heterocycles. The lowest BCUT2D eigenvalue weighted by Gasteiger charge is -2.62. The monoisotopic (exact) mass is 378 g/mol. The maximum atomic E-state index is 11.2. The smallest absolute Gasteiger partial charge is 0.129 e. The molecule has 0 saturated heterocycles. The molecule has 0 radical (unpaired) electrons. The molecule has 5 heteroatoms. The molecule has 4 aliphatic rings. The van der Waals surface area contributed by atoms with E-state index in [9.17, 15) is 10.2 Å². The number of nitrogens with zero attached hydrogens (tertiary/aromatic N) is 1. The summed E-state index contributed by atoms with van der Waals surface area (Å²) in [5.74, 6) is 2.61.